The molecule has 0 spiro atoms. The van der Waals surface area contributed by atoms with Crippen LogP contribution in [0.2, 0.25) is 5.02 Å². The number of halogens is 2. The van der Waals surface area contributed by atoms with Gasteiger partial charge in [-0.25, -0.2) is 8.42 Å². The van der Waals surface area contributed by atoms with Crippen LogP contribution in [0, 0.1) is 6.92 Å². The van der Waals surface area contributed by atoms with Gasteiger partial charge in [0.25, 0.3) is 10.0 Å². The highest BCUT2D eigenvalue weighted by Gasteiger charge is 2.35. The van der Waals surface area contributed by atoms with E-state index in [2.05, 4.69) is 21.2 Å². The number of sulfonamides is 1. The Hall–Kier alpha value is -3.66. The predicted molar refractivity (Wildman–Crippen MR) is 174 cm³/mol. The van der Waals surface area contributed by atoms with Gasteiger partial charge in [-0.15, -0.1) is 0 Å². The lowest BCUT2D eigenvalue weighted by Crippen LogP contribution is -2.53. The van der Waals surface area contributed by atoms with E-state index in [1.54, 1.807) is 43.3 Å². The Balaban J connectivity index is 1.81. The van der Waals surface area contributed by atoms with Crippen LogP contribution in [0.4, 0.5) is 5.69 Å². The summed E-state index contributed by atoms with van der Waals surface area (Å²) in [5.74, 6) is -0.851. The summed E-state index contributed by atoms with van der Waals surface area (Å²) in [6.07, 6.45) is 0.248. The Labute approximate surface area is 266 Å². The maximum Gasteiger partial charge on any atom is 0.264 e. The average Bonchev–Trinajstić information content (AvgIpc) is 2.99. The molecule has 2 amide bonds. The first-order valence-electron chi connectivity index (χ1n) is 13.8. The van der Waals surface area contributed by atoms with Gasteiger partial charge < -0.3 is 10.2 Å². The average molecular weight is 683 g/mol. The molecule has 4 aromatic rings. The quantitative estimate of drug-likeness (QED) is 0.188. The second kappa shape index (κ2) is 14.7. The van der Waals surface area contributed by atoms with E-state index in [1.165, 1.54) is 17.0 Å². The highest BCUT2D eigenvalue weighted by molar-refractivity contribution is 9.10. The van der Waals surface area contributed by atoms with Crippen molar-refractivity contribution in [2.24, 2.45) is 0 Å². The molecule has 0 heterocycles. The van der Waals surface area contributed by atoms with Crippen molar-refractivity contribution in [1.29, 1.82) is 0 Å². The minimum absolute atomic E-state index is 0.0419. The molecule has 0 saturated heterocycles. The lowest BCUT2D eigenvalue weighted by atomic mass is 10.0. The molecule has 0 aliphatic rings. The Morgan fingerprint density at radius 1 is 0.884 bits per heavy atom. The normalized spacial score (nSPS) is 11.9. The number of rotatable bonds is 12. The Morgan fingerprint density at radius 2 is 1.53 bits per heavy atom. The summed E-state index contributed by atoms with van der Waals surface area (Å²) in [5, 5.41) is 3.31. The van der Waals surface area contributed by atoms with Crippen LogP contribution < -0.4 is 9.62 Å². The number of nitrogens with one attached hydrogen (secondary N) is 1. The molecule has 43 heavy (non-hydrogen) atoms. The van der Waals surface area contributed by atoms with Gasteiger partial charge in [0.05, 0.1) is 10.6 Å². The van der Waals surface area contributed by atoms with Crippen molar-refractivity contribution in [2.75, 3.05) is 17.4 Å². The predicted octanol–water partition coefficient (Wildman–Crippen LogP) is 6.38. The zero-order valence-corrected chi connectivity index (χ0v) is 27.1. The lowest BCUT2D eigenvalue weighted by molar-refractivity contribution is -0.140. The van der Waals surface area contributed by atoms with Gasteiger partial charge in [0.15, 0.2) is 0 Å². The van der Waals surface area contributed by atoms with Crippen LogP contribution in [-0.4, -0.2) is 44.3 Å². The molecule has 7 nitrogen and oxygen atoms in total. The SMILES string of the molecule is CCNC(=O)C(Cc1ccccc1)N(Cc1cccc(Br)c1)C(=O)CN(c1ccc(Cl)cc1C)S(=O)(=O)c1ccccc1. The molecule has 0 aliphatic heterocycles. The summed E-state index contributed by atoms with van der Waals surface area (Å²) in [7, 11) is -4.18. The second-order valence-corrected chi connectivity index (χ2v) is 13.2. The lowest BCUT2D eigenvalue weighted by Gasteiger charge is -2.34. The number of aryl methyl sites for hydroxylation is 1. The molecule has 0 aliphatic carbocycles. The Morgan fingerprint density at radius 3 is 2.16 bits per heavy atom. The molecule has 0 fully saturated rings. The summed E-state index contributed by atoms with van der Waals surface area (Å²) < 4.78 is 30.0. The number of hydrogen-bond acceptors (Lipinski definition) is 4. The van der Waals surface area contributed by atoms with Gasteiger partial charge in [-0.3, -0.25) is 13.9 Å². The van der Waals surface area contributed by atoms with E-state index < -0.39 is 28.5 Å². The smallest absolute Gasteiger partial charge is 0.264 e. The molecule has 10 heteroatoms. The van der Waals surface area contributed by atoms with Crippen LogP contribution in [0.15, 0.2) is 112 Å². The van der Waals surface area contributed by atoms with Crippen LogP contribution in [-0.2, 0) is 32.6 Å². The summed E-state index contributed by atoms with van der Waals surface area (Å²) in [6, 6.07) is 28.8. The molecule has 0 aromatic heterocycles. The Bertz CT molecular complexity index is 1670. The zero-order chi connectivity index (χ0) is 31.0. The van der Waals surface area contributed by atoms with Gasteiger partial charge >= 0.3 is 0 Å². The van der Waals surface area contributed by atoms with Gasteiger partial charge in [0, 0.05) is 29.0 Å². The first-order valence-corrected chi connectivity index (χ1v) is 16.4. The number of nitrogens with zero attached hydrogens (tertiary/aromatic N) is 2. The number of benzene rings is 4. The molecule has 4 aromatic carbocycles. The first kappa shape index (κ1) is 32.3. The number of hydrogen-bond donors (Lipinski definition) is 1. The monoisotopic (exact) mass is 681 g/mol. The van der Waals surface area contributed by atoms with E-state index in [-0.39, 0.29) is 23.8 Å². The number of anilines is 1. The van der Waals surface area contributed by atoms with E-state index >= 15 is 0 Å². The molecular formula is C33H33BrClN3O4S. The van der Waals surface area contributed by atoms with Crippen molar-refractivity contribution in [3.05, 3.63) is 129 Å². The molecule has 0 radical (unpaired) electrons. The van der Waals surface area contributed by atoms with Crippen molar-refractivity contribution in [3.8, 4) is 0 Å². The van der Waals surface area contributed by atoms with E-state index in [0.29, 0.717) is 22.8 Å². The van der Waals surface area contributed by atoms with Crippen molar-refractivity contribution in [1.82, 2.24) is 10.2 Å². The van der Waals surface area contributed by atoms with Gasteiger partial charge in [-0.1, -0.05) is 88.2 Å². The topological polar surface area (TPSA) is 86.8 Å². The standard InChI is InChI=1S/C33H33BrClN3O4S/c1-3-36-33(40)31(21-25-11-6-4-7-12-25)37(22-26-13-10-14-27(34)20-26)32(39)23-38(30-18-17-28(35)19-24(30)2)43(41,42)29-15-8-5-9-16-29/h4-20,31H,3,21-23H2,1-2H3,(H,36,40). The number of carbonyl (C=O) groups excluding carboxylic acids is 2. The minimum atomic E-state index is -4.18. The molecule has 0 bridgehead atoms. The highest BCUT2D eigenvalue weighted by atomic mass is 79.9. The van der Waals surface area contributed by atoms with Crippen molar-refractivity contribution < 1.29 is 18.0 Å². The minimum Gasteiger partial charge on any atom is -0.355 e. The van der Waals surface area contributed by atoms with Crippen LogP contribution in [0.1, 0.15) is 23.6 Å². The maximum absolute atomic E-state index is 14.4. The number of likely N-dealkylation sites (N-methyl/N-ethyl adjacent to an activating group) is 1. The third kappa shape index (κ3) is 8.25. The fourth-order valence-electron chi connectivity index (χ4n) is 4.81. The van der Waals surface area contributed by atoms with Crippen LogP contribution >= 0.6 is 27.5 Å². The maximum atomic E-state index is 14.4. The fourth-order valence-corrected chi connectivity index (χ4v) is 6.98. The Kier molecular flexibility index (Phi) is 11.0. The van der Waals surface area contributed by atoms with Gasteiger partial charge in [-0.2, -0.15) is 0 Å². The number of carbonyl (C=O) groups is 2. The van der Waals surface area contributed by atoms with Crippen LogP contribution in [0.5, 0.6) is 0 Å². The molecule has 224 valence electrons. The summed E-state index contributed by atoms with van der Waals surface area (Å²) >= 11 is 9.69. The van der Waals surface area contributed by atoms with Crippen molar-refractivity contribution >= 4 is 55.1 Å². The van der Waals surface area contributed by atoms with Crippen molar-refractivity contribution in [3.63, 3.8) is 0 Å². The van der Waals surface area contributed by atoms with Gasteiger partial charge in [-0.05, 0) is 73.0 Å². The summed E-state index contributed by atoms with van der Waals surface area (Å²) in [4.78, 5) is 29.5. The third-order valence-electron chi connectivity index (χ3n) is 6.90. The highest BCUT2D eigenvalue weighted by Crippen LogP contribution is 2.29. The molecule has 4 rings (SSSR count). The number of amides is 2. The van der Waals surface area contributed by atoms with E-state index in [4.69, 9.17) is 11.6 Å². The van der Waals surface area contributed by atoms with E-state index in [1.807, 2.05) is 61.5 Å². The first-order chi connectivity index (χ1) is 20.6. The van der Waals surface area contributed by atoms with Gasteiger partial charge in [0.1, 0.15) is 12.6 Å². The summed E-state index contributed by atoms with van der Waals surface area (Å²) in [6.45, 7) is 3.49. The third-order valence-corrected chi connectivity index (χ3v) is 9.40. The largest absolute Gasteiger partial charge is 0.355 e. The second-order valence-electron chi connectivity index (χ2n) is 10.0. The molecule has 1 N–H and O–H groups in total. The van der Waals surface area contributed by atoms with E-state index in [9.17, 15) is 18.0 Å². The van der Waals surface area contributed by atoms with Crippen molar-refractivity contribution in [2.45, 2.75) is 37.8 Å². The zero-order valence-electron chi connectivity index (χ0n) is 23.9. The van der Waals surface area contributed by atoms with E-state index in [0.717, 1.165) is 19.9 Å². The molecule has 1 atom stereocenters. The fraction of sp³-hybridized carbons (Fsp3) is 0.212. The van der Waals surface area contributed by atoms with Crippen LogP contribution in [0.3, 0.4) is 0 Å². The van der Waals surface area contributed by atoms with Gasteiger partial charge in [0.2, 0.25) is 11.8 Å². The summed E-state index contributed by atoms with van der Waals surface area (Å²) in [5.41, 5.74) is 2.56. The van der Waals surface area contributed by atoms with Crippen LogP contribution in [0.25, 0.3) is 0 Å². The molecular weight excluding hydrogens is 650 g/mol. The molecule has 1 unspecified atom stereocenters. The molecule has 0 saturated carbocycles.